The van der Waals surface area contributed by atoms with Gasteiger partial charge in [0, 0.05) is 12.6 Å². The monoisotopic (exact) mass is 69.1 g/mol. The van der Waals surface area contributed by atoms with Crippen molar-refractivity contribution >= 4 is 0 Å². The van der Waals surface area contributed by atoms with Crippen molar-refractivity contribution in [2.24, 2.45) is 0 Å². The van der Waals surface area contributed by atoms with Crippen molar-refractivity contribution in [3.05, 3.63) is 0 Å². The number of rotatable bonds is 1. The fourth-order valence-corrected chi connectivity index (χ4v) is 0.102. The number of hydrogen-bond donors (Lipinski definition) is 1. The fourth-order valence-electron chi connectivity index (χ4n) is 0.102. The molecule has 0 radical (unpaired) electrons. The maximum Gasteiger partial charge on any atom is 0.0201 e. The van der Waals surface area contributed by atoms with Crippen LogP contribution < -0.4 is 5.32 Å². The summed E-state index contributed by atoms with van der Waals surface area (Å²) in [6.45, 7) is 2.82. The first-order chi connectivity index (χ1) is 2.41. The van der Waals surface area contributed by atoms with Gasteiger partial charge in [-0.2, -0.15) is 0 Å². The Morgan fingerprint density at radius 2 is 2.60 bits per heavy atom. The van der Waals surface area contributed by atoms with E-state index in [1.165, 1.54) is 0 Å². The Morgan fingerprint density at radius 1 is 2.00 bits per heavy atom. The number of hydrogen-bond acceptors (Lipinski definition) is 1. The van der Waals surface area contributed by atoms with E-state index in [0.717, 1.165) is 6.54 Å². The van der Waals surface area contributed by atoms with Gasteiger partial charge < -0.3 is 5.32 Å². The lowest BCUT2D eigenvalue weighted by atomic mass is 10.8. The Kier molecular flexibility index (Phi) is 2.93. The van der Waals surface area contributed by atoms with Crippen molar-refractivity contribution in [1.29, 1.82) is 0 Å². The lowest BCUT2D eigenvalue weighted by Crippen LogP contribution is -2.00. The van der Waals surface area contributed by atoms with Crippen LogP contribution in [0.4, 0.5) is 0 Å². The van der Waals surface area contributed by atoms with E-state index in [1.807, 2.05) is 6.92 Å². The Labute approximate surface area is 32.4 Å². The van der Waals surface area contributed by atoms with Gasteiger partial charge in [-0.15, -0.1) is 0 Å². The normalized spacial score (nSPS) is 5.60. The highest BCUT2D eigenvalue weighted by Gasteiger charge is 1.54. The standard InChI is InChI=1S/C4H7N/c1-3-5-4-2/h1,5H,4H2,2H3. The zero-order chi connectivity index (χ0) is 4.12. The first-order valence-corrected chi connectivity index (χ1v) is 1.60. The third-order valence-corrected chi connectivity index (χ3v) is 0.279. The van der Waals surface area contributed by atoms with Gasteiger partial charge in [0.25, 0.3) is 0 Å². The summed E-state index contributed by atoms with van der Waals surface area (Å²) >= 11 is 0. The minimum atomic E-state index is 0.858. The first-order valence-electron chi connectivity index (χ1n) is 1.60. The summed E-state index contributed by atoms with van der Waals surface area (Å²) in [5.74, 6) is 0. The van der Waals surface area contributed by atoms with E-state index < -0.39 is 0 Å². The maximum atomic E-state index is 4.78. The molecule has 0 aromatic rings. The van der Waals surface area contributed by atoms with E-state index in [0.29, 0.717) is 0 Å². The second-order valence-corrected chi connectivity index (χ2v) is 0.675. The highest BCUT2D eigenvalue weighted by molar-refractivity contribution is 4.77. The second-order valence-electron chi connectivity index (χ2n) is 0.675. The van der Waals surface area contributed by atoms with E-state index in [2.05, 4.69) is 11.4 Å². The van der Waals surface area contributed by atoms with Crippen LogP contribution in [0.2, 0.25) is 0 Å². The smallest absolute Gasteiger partial charge is 0.0201 e. The molecule has 0 aromatic heterocycles. The Hall–Kier alpha value is -0.640. The van der Waals surface area contributed by atoms with E-state index in [-0.39, 0.29) is 0 Å². The molecule has 0 saturated carbocycles. The molecule has 0 atom stereocenters. The summed E-state index contributed by atoms with van der Waals surface area (Å²) in [5, 5.41) is 2.64. The van der Waals surface area contributed by atoms with Gasteiger partial charge in [-0.3, -0.25) is 0 Å². The van der Waals surface area contributed by atoms with Crippen molar-refractivity contribution in [3.63, 3.8) is 0 Å². The van der Waals surface area contributed by atoms with Gasteiger partial charge in [0.05, 0.1) is 0 Å². The van der Waals surface area contributed by atoms with Crippen LogP contribution >= 0.6 is 0 Å². The van der Waals surface area contributed by atoms with Gasteiger partial charge in [0.2, 0.25) is 0 Å². The molecule has 0 bridgehead atoms. The molecule has 0 spiro atoms. The van der Waals surface area contributed by atoms with E-state index in [4.69, 9.17) is 6.42 Å². The van der Waals surface area contributed by atoms with E-state index in [9.17, 15) is 0 Å². The molecule has 0 saturated heterocycles. The van der Waals surface area contributed by atoms with Crippen LogP contribution in [0.5, 0.6) is 0 Å². The molecule has 1 nitrogen and oxygen atoms in total. The Bertz CT molecular complexity index is 42.1. The average molecular weight is 69.1 g/mol. The maximum absolute atomic E-state index is 4.78. The third kappa shape index (κ3) is 3.36. The highest BCUT2D eigenvalue weighted by Crippen LogP contribution is 1.40. The molecule has 0 aliphatic heterocycles. The Balaban J connectivity index is 2.48. The van der Waals surface area contributed by atoms with Crippen LogP contribution in [0.25, 0.3) is 0 Å². The van der Waals surface area contributed by atoms with E-state index >= 15 is 0 Å². The van der Waals surface area contributed by atoms with Crippen LogP contribution in [0, 0.1) is 12.5 Å². The molecule has 1 heteroatoms. The van der Waals surface area contributed by atoms with Gasteiger partial charge >= 0.3 is 0 Å². The fraction of sp³-hybridized carbons (Fsp3) is 0.500. The highest BCUT2D eigenvalue weighted by atomic mass is 14.8. The Morgan fingerprint density at radius 3 is 2.60 bits per heavy atom. The first kappa shape index (κ1) is 4.36. The molecular formula is C4H7N. The van der Waals surface area contributed by atoms with Gasteiger partial charge in [-0.05, 0) is 6.92 Å². The quantitative estimate of drug-likeness (QED) is 0.342. The summed E-state index contributed by atoms with van der Waals surface area (Å²) < 4.78 is 0. The van der Waals surface area contributed by atoms with Crippen LogP contribution in [0.15, 0.2) is 0 Å². The molecule has 28 valence electrons. The molecule has 0 aliphatic rings. The molecule has 0 heterocycles. The minimum Gasteiger partial charge on any atom is -0.346 e. The molecule has 0 aromatic carbocycles. The number of terminal acetylenes is 1. The van der Waals surface area contributed by atoms with Gasteiger partial charge in [0.15, 0.2) is 0 Å². The average Bonchev–Trinajstić information content (AvgIpc) is 1.41. The summed E-state index contributed by atoms with van der Waals surface area (Å²) in [4.78, 5) is 0. The van der Waals surface area contributed by atoms with Crippen LogP contribution in [-0.4, -0.2) is 6.54 Å². The lowest BCUT2D eigenvalue weighted by Gasteiger charge is -1.79. The van der Waals surface area contributed by atoms with Crippen molar-refractivity contribution in [3.8, 4) is 12.5 Å². The lowest BCUT2D eigenvalue weighted by molar-refractivity contribution is 0.953. The zero-order valence-electron chi connectivity index (χ0n) is 3.28. The molecule has 0 rings (SSSR count). The van der Waals surface area contributed by atoms with Crippen molar-refractivity contribution in [2.75, 3.05) is 6.54 Å². The predicted molar refractivity (Wildman–Crippen MR) is 22.5 cm³/mol. The van der Waals surface area contributed by atoms with Crippen molar-refractivity contribution < 1.29 is 0 Å². The minimum absolute atomic E-state index is 0.858. The van der Waals surface area contributed by atoms with Crippen molar-refractivity contribution in [2.45, 2.75) is 6.92 Å². The van der Waals surface area contributed by atoms with Crippen LogP contribution in [0.1, 0.15) is 6.92 Å². The predicted octanol–water partition coefficient (Wildman–Crippen LogP) is 0.187. The summed E-state index contributed by atoms with van der Waals surface area (Å²) in [6.07, 6.45) is 4.78. The molecule has 0 amide bonds. The third-order valence-electron chi connectivity index (χ3n) is 0.279. The molecule has 1 N–H and O–H groups in total. The van der Waals surface area contributed by atoms with Crippen LogP contribution in [0.3, 0.4) is 0 Å². The van der Waals surface area contributed by atoms with Crippen molar-refractivity contribution in [1.82, 2.24) is 5.32 Å². The number of nitrogens with one attached hydrogen (secondary N) is 1. The summed E-state index contributed by atoms with van der Waals surface area (Å²) in [6, 6.07) is 2.27. The molecule has 0 unspecified atom stereocenters. The van der Waals surface area contributed by atoms with Crippen LogP contribution in [-0.2, 0) is 0 Å². The SMILES string of the molecule is C#CNCC. The van der Waals surface area contributed by atoms with E-state index in [1.54, 1.807) is 0 Å². The molecule has 5 heavy (non-hydrogen) atoms. The zero-order valence-corrected chi connectivity index (χ0v) is 3.28. The van der Waals surface area contributed by atoms with Gasteiger partial charge in [0.1, 0.15) is 0 Å². The summed E-state index contributed by atoms with van der Waals surface area (Å²) in [7, 11) is 0. The molecule has 0 fully saturated rings. The summed E-state index contributed by atoms with van der Waals surface area (Å²) in [5.41, 5.74) is 0. The molecular weight excluding hydrogens is 62.1 g/mol. The molecule has 0 aliphatic carbocycles. The van der Waals surface area contributed by atoms with Gasteiger partial charge in [-0.25, -0.2) is 0 Å². The topological polar surface area (TPSA) is 12.0 Å². The van der Waals surface area contributed by atoms with Gasteiger partial charge in [-0.1, -0.05) is 6.42 Å². The second kappa shape index (κ2) is 3.36. The largest absolute Gasteiger partial charge is 0.346 e.